The predicted octanol–water partition coefficient (Wildman–Crippen LogP) is 4.23. The summed E-state index contributed by atoms with van der Waals surface area (Å²) in [7, 11) is 0. The third-order valence-corrected chi connectivity index (χ3v) is 5.04. The summed E-state index contributed by atoms with van der Waals surface area (Å²) in [4.78, 5) is 14.5. The van der Waals surface area contributed by atoms with Crippen molar-refractivity contribution in [2.24, 2.45) is 11.8 Å². The maximum absolute atomic E-state index is 12.4. The molecule has 1 amide bonds. The molecule has 0 aromatic heterocycles. The monoisotopic (exact) mass is 412 g/mol. The number of nitrogens with one attached hydrogen (secondary N) is 1. The van der Waals surface area contributed by atoms with Crippen LogP contribution < -0.4 is 10.1 Å². The Hall–Kier alpha value is -1.14. The van der Waals surface area contributed by atoms with Crippen LogP contribution in [-0.4, -0.2) is 35.6 Å². The molecule has 1 fully saturated rings. The smallest absolute Gasteiger partial charge is 0.257 e. The van der Waals surface area contributed by atoms with E-state index < -0.39 is 0 Å². The number of carbonyl (C=O) groups is 1. The lowest BCUT2D eigenvalue weighted by Crippen LogP contribution is -2.46. The quantitative estimate of drug-likeness (QED) is 0.751. The van der Waals surface area contributed by atoms with Gasteiger partial charge in [0.05, 0.1) is 11.1 Å². The van der Waals surface area contributed by atoms with E-state index in [0.717, 1.165) is 42.1 Å². The van der Waals surface area contributed by atoms with E-state index in [2.05, 4.69) is 46.9 Å². The molecule has 1 aliphatic rings. The van der Waals surface area contributed by atoms with Crippen LogP contribution in [0.1, 0.15) is 44.0 Å². The van der Waals surface area contributed by atoms with Crippen LogP contribution in [0.3, 0.4) is 0 Å². The van der Waals surface area contributed by atoms with Gasteiger partial charge in [0.25, 0.3) is 5.91 Å². The largest absolute Gasteiger partial charge is 0.492 e. The first-order chi connectivity index (χ1) is 11.4. The van der Waals surface area contributed by atoms with Gasteiger partial charge in [-0.05, 0) is 71.0 Å². The van der Waals surface area contributed by atoms with Crippen molar-refractivity contribution in [3.8, 4) is 5.75 Å². The molecule has 0 radical (unpaired) electrons. The Bertz CT molecular complexity index is 599. The molecule has 132 valence electrons. The topological polar surface area (TPSA) is 41.6 Å². The van der Waals surface area contributed by atoms with Gasteiger partial charge < -0.3 is 9.64 Å². The van der Waals surface area contributed by atoms with Gasteiger partial charge in [0, 0.05) is 18.7 Å². The van der Waals surface area contributed by atoms with Crippen molar-refractivity contribution in [1.82, 2.24) is 10.2 Å². The van der Waals surface area contributed by atoms with Gasteiger partial charge in [-0.25, -0.2) is 0 Å². The van der Waals surface area contributed by atoms with E-state index >= 15 is 0 Å². The van der Waals surface area contributed by atoms with Crippen LogP contribution in [0.4, 0.5) is 0 Å². The molecule has 0 saturated carbocycles. The molecule has 1 aromatic rings. The van der Waals surface area contributed by atoms with Crippen molar-refractivity contribution >= 4 is 39.2 Å². The number of carbonyl (C=O) groups excluding carboxylic acids is 1. The summed E-state index contributed by atoms with van der Waals surface area (Å²) < 4.78 is 6.48. The van der Waals surface area contributed by atoms with Crippen molar-refractivity contribution in [3.63, 3.8) is 0 Å². The van der Waals surface area contributed by atoms with Crippen molar-refractivity contribution in [2.75, 3.05) is 19.7 Å². The van der Waals surface area contributed by atoms with Crippen LogP contribution in [0.5, 0.6) is 5.75 Å². The van der Waals surface area contributed by atoms with E-state index in [0.29, 0.717) is 23.2 Å². The number of hydrogen-bond acceptors (Lipinski definition) is 3. The molecule has 1 saturated heterocycles. The number of likely N-dealkylation sites (tertiary alicyclic amines) is 1. The fourth-order valence-corrected chi connectivity index (χ4v) is 3.24. The van der Waals surface area contributed by atoms with Crippen LogP contribution >= 0.6 is 28.1 Å². The van der Waals surface area contributed by atoms with Crippen molar-refractivity contribution < 1.29 is 9.53 Å². The maximum Gasteiger partial charge on any atom is 0.257 e. The molecule has 6 heteroatoms. The minimum absolute atomic E-state index is 0.185. The van der Waals surface area contributed by atoms with Crippen LogP contribution in [0.15, 0.2) is 22.7 Å². The highest BCUT2D eigenvalue weighted by Gasteiger charge is 2.20. The Balaban J connectivity index is 1.94. The Morgan fingerprint density at radius 2 is 2.08 bits per heavy atom. The summed E-state index contributed by atoms with van der Waals surface area (Å²) in [5, 5.41) is 3.35. The molecular formula is C18H25BrN2O2S. The molecule has 1 heterocycles. The minimum atomic E-state index is -0.185. The highest BCUT2D eigenvalue weighted by molar-refractivity contribution is 9.10. The first-order valence-electron chi connectivity index (χ1n) is 8.39. The molecule has 0 spiro atoms. The number of halogens is 1. The number of rotatable bonds is 4. The van der Waals surface area contributed by atoms with Gasteiger partial charge in [-0.3, -0.25) is 10.1 Å². The van der Waals surface area contributed by atoms with Gasteiger partial charge in [0.2, 0.25) is 0 Å². The Morgan fingerprint density at radius 1 is 1.42 bits per heavy atom. The molecular weight excluding hydrogens is 388 g/mol. The molecule has 1 aliphatic heterocycles. The average molecular weight is 413 g/mol. The van der Waals surface area contributed by atoms with Gasteiger partial charge >= 0.3 is 0 Å². The number of ether oxygens (including phenoxy) is 1. The standard InChI is InChI=1S/C18H25BrN2O2S/c1-12(2)11-23-16-5-4-14(10-15(16)19)17(22)20-18(24)21-8-6-13(3)7-9-21/h4-5,10,12-13H,6-9,11H2,1-3H3,(H,20,22,24). The Kier molecular flexibility index (Phi) is 7.04. The lowest BCUT2D eigenvalue weighted by atomic mass is 10.00. The highest BCUT2D eigenvalue weighted by Crippen LogP contribution is 2.26. The third kappa shape index (κ3) is 5.45. The molecule has 0 atom stereocenters. The predicted molar refractivity (Wildman–Crippen MR) is 105 cm³/mol. The van der Waals surface area contributed by atoms with Crippen molar-refractivity contribution in [2.45, 2.75) is 33.6 Å². The van der Waals surface area contributed by atoms with Gasteiger partial charge in [0.1, 0.15) is 5.75 Å². The van der Waals surface area contributed by atoms with Crippen molar-refractivity contribution in [3.05, 3.63) is 28.2 Å². The number of thiocarbonyl (C=S) groups is 1. The highest BCUT2D eigenvalue weighted by atomic mass is 79.9. The summed E-state index contributed by atoms with van der Waals surface area (Å²) in [6.07, 6.45) is 2.23. The summed E-state index contributed by atoms with van der Waals surface area (Å²) in [5.74, 6) is 1.74. The van der Waals surface area contributed by atoms with Gasteiger partial charge in [0.15, 0.2) is 5.11 Å². The molecule has 1 N–H and O–H groups in total. The van der Waals surface area contributed by atoms with Gasteiger partial charge in [-0.2, -0.15) is 0 Å². The second-order valence-corrected chi connectivity index (χ2v) is 8.02. The molecule has 0 bridgehead atoms. The molecule has 0 unspecified atom stereocenters. The van der Waals surface area contributed by atoms with Crippen LogP contribution in [0.2, 0.25) is 0 Å². The van der Waals surface area contributed by atoms with E-state index in [1.54, 1.807) is 12.1 Å². The van der Waals surface area contributed by atoms with E-state index in [-0.39, 0.29) is 5.91 Å². The first-order valence-corrected chi connectivity index (χ1v) is 9.59. The van der Waals surface area contributed by atoms with Gasteiger partial charge in [-0.1, -0.05) is 20.8 Å². The summed E-state index contributed by atoms with van der Waals surface area (Å²) in [5.41, 5.74) is 0.562. The van der Waals surface area contributed by atoms with Crippen LogP contribution in [0, 0.1) is 11.8 Å². The molecule has 4 nitrogen and oxygen atoms in total. The number of benzene rings is 1. The SMILES string of the molecule is CC(C)COc1ccc(C(=O)NC(=S)N2CCC(C)CC2)cc1Br. The summed E-state index contributed by atoms with van der Waals surface area (Å²) in [6.45, 7) is 8.90. The molecule has 0 aliphatic carbocycles. The zero-order chi connectivity index (χ0) is 17.7. The van der Waals surface area contributed by atoms with E-state index in [1.807, 2.05) is 6.07 Å². The molecule has 24 heavy (non-hydrogen) atoms. The molecule has 2 rings (SSSR count). The lowest BCUT2D eigenvalue weighted by molar-refractivity contribution is 0.0971. The fourth-order valence-electron chi connectivity index (χ4n) is 2.48. The third-order valence-electron chi connectivity index (χ3n) is 4.06. The Morgan fingerprint density at radius 3 is 2.67 bits per heavy atom. The van der Waals surface area contributed by atoms with E-state index in [1.165, 1.54) is 0 Å². The maximum atomic E-state index is 12.4. The fraction of sp³-hybridized carbons (Fsp3) is 0.556. The normalized spacial score (nSPS) is 15.5. The number of hydrogen-bond donors (Lipinski definition) is 1. The number of piperidine rings is 1. The van der Waals surface area contributed by atoms with Crippen molar-refractivity contribution in [1.29, 1.82) is 0 Å². The zero-order valence-corrected chi connectivity index (χ0v) is 16.9. The second-order valence-electron chi connectivity index (χ2n) is 6.78. The second kappa shape index (κ2) is 8.81. The summed E-state index contributed by atoms with van der Waals surface area (Å²) >= 11 is 8.84. The Labute approximate surface area is 158 Å². The summed E-state index contributed by atoms with van der Waals surface area (Å²) in [6, 6.07) is 5.34. The van der Waals surface area contributed by atoms with E-state index in [9.17, 15) is 4.79 Å². The zero-order valence-electron chi connectivity index (χ0n) is 14.5. The number of amides is 1. The van der Waals surface area contributed by atoms with Crippen LogP contribution in [0.25, 0.3) is 0 Å². The van der Waals surface area contributed by atoms with Crippen LogP contribution in [-0.2, 0) is 0 Å². The van der Waals surface area contributed by atoms with E-state index in [4.69, 9.17) is 17.0 Å². The molecule has 1 aromatic carbocycles. The number of nitrogens with zero attached hydrogens (tertiary/aromatic N) is 1. The lowest BCUT2D eigenvalue weighted by Gasteiger charge is -2.32. The average Bonchev–Trinajstić information content (AvgIpc) is 2.54. The minimum Gasteiger partial charge on any atom is -0.492 e. The first kappa shape index (κ1) is 19.2. The van der Waals surface area contributed by atoms with Gasteiger partial charge in [-0.15, -0.1) is 0 Å².